The van der Waals surface area contributed by atoms with E-state index < -0.39 is 10.5 Å². The number of hydrogen-bond donors (Lipinski definition) is 1. The van der Waals surface area contributed by atoms with Crippen molar-refractivity contribution >= 4 is 27.6 Å². The molecule has 32 heavy (non-hydrogen) atoms. The van der Waals surface area contributed by atoms with Gasteiger partial charge in [0.1, 0.15) is 5.03 Å². The lowest BCUT2D eigenvalue weighted by molar-refractivity contribution is -0.137. The molecule has 0 saturated heterocycles. The number of carbonyl (C=O) groups excluding carboxylic acids is 3. The fourth-order valence-electron chi connectivity index (χ4n) is 2.60. The molecule has 1 amide bonds. The molecule has 1 aliphatic rings. The monoisotopic (exact) mass is 461 g/mol. The van der Waals surface area contributed by atoms with E-state index in [9.17, 15) is 14.4 Å². The topological polar surface area (TPSA) is 90.9 Å². The third kappa shape index (κ3) is 8.21. The van der Waals surface area contributed by atoms with Crippen molar-refractivity contribution in [1.29, 1.82) is 0 Å². The lowest BCUT2D eigenvalue weighted by Gasteiger charge is -2.09. The van der Waals surface area contributed by atoms with Crippen LogP contribution < -0.4 is 5.32 Å². The number of carbonyl (C=O) groups is 2. The minimum Gasteiger partial charge on any atom is -0.490 e. The van der Waals surface area contributed by atoms with Gasteiger partial charge >= 0.3 is 5.97 Å². The summed E-state index contributed by atoms with van der Waals surface area (Å²) in [4.78, 5) is 34.8. The van der Waals surface area contributed by atoms with Gasteiger partial charge in [-0.3, -0.25) is 4.79 Å². The molecular weight excluding hydrogens is 430 g/mol. The van der Waals surface area contributed by atoms with Crippen molar-refractivity contribution < 1.29 is 28.6 Å². The lowest BCUT2D eigenvalue weighted by atomic mass is 10.1. The molecule has 1 unspecified atom stereocenters. The Kier molecular flexibility index (Phi) is 11.8. The van der Waals surface area contributed by atoms with E-state index >= 15 is 0 Å². The van der Waals surface area contributed by atoms with Gasteiger partial charge < -0.3 is 19.5 Å². The highest BCUT2D eigenvalue weighted by Gasteiger charge is 2.32. The molecule has 1 rings (SSSR count). The molecule has 0 bridgehead atoms. The molecule has 0 aliphatic carbocycles. The summed E-state index contributed by atoms with van der Waals surface area (Å²) in [5, 5.41) is 5.44. The molecule has 0 aromatic carbocycles. The minimum absolute atomic E-state index is 0.307. The normalized spacial score (nSPS) is 17.2. The van der Waals surface area contributed by atoms with Gasteiger partial charge in [0.2, 0.25) is 5.91 Å². The molecule has 1 aliphatic heterocycles. The Labute approximate surface area is 192 Å². The summed E-state index contributed by atoms with van der Waals surface area (Å²) in [6.45, 7) is 11.5. The summed E-state index contributed by atoms with van der Waals surface area (Å²) in [5.41, 5.74) is 2.27. The van der Waals surface area contributed by atoms with Gasteiger partial charge in [-0.2, -0.15) is 0 Å². The van der Waals surface area contributed by atoms with Gasteiger partial charge in [0.15, 0.2) is 16.1 Å². The zero-order valence-electron chi connectivity index (χ0n) is 19.4. The van der Waals surface area contributed by atoms with E-state index in [4.69, 9.17) is 14.2 Å². The van der Waals surface area contributed by atoms with E-state index in [1.54, 1.807) is 19.1 Å². The van der Waals surface area contributed by atoms with Crippen molar-refractivity contribution in [1.82, 2.24) is 5.32 Å². The maximum atomic E-state index is 11.7. The molecule has 1 heterocycles. The Morgan fingerprint density at radius 3 is 2.25 bits per heavy atom. The first-order chi connectivity index (χ1) is 15.3. The van der Waals surface area contributed by atoms with Crippen LogP contribution in [0.25, 0.3) is 0 Å². The molecule has 1 N–H and O–H groups in total. The van der Waals surface area contributed by atoms with Crippen LogP contribution in [0, 0.1) is 0 Å². The lowest BCUT2D eigenvalue weighted by Crippen LogP contribution is -2.19. The molecule has 0 fully saturated rings. The van der Waals surface area contributed by atoms with Gasteiger partial charge in [-0.15, -0.1) is 0 Å². The van der Waals surface area contributed by atoms with Crippen LogP contribution in [0.3, 0.4) is 0 Å². The van der Waals surface area contributed by atoms with E-state index in [1.165, 1.54) is 13.0 Å². The molecule has 0 radical (unpaired) electrons. The molecule has 0 saturated carbocycles. The molecule has 0 aromatic heterocycles. The Morgan fingerprint density at radius 1 is 1.00 bits per heavy atom. The van der Waals surface area contributed by atoms with Crippen LogP contribution >= 0.6 is 10.5 Å². The van der Waals surface area contributed by atoms with Gasteiger partial charge in [-0.1, -0.05) is 29.9 Å². The third-order valence-corrected chi connectivity index (χ3v) is 5.43. The largest absolute Gasteiger partial charge is 0.490 e. The summed E-state index contributed by atoms with van der Waals surface area (Å²) in [7, 11) is -1.19. The number of ether oxygens (including phenoxy) is 3. The van der Waals surface area contributed by atoms with Crippen molar-refractivity contribution in [2.24, 2.45) is 0 Å². The standard InChI is InChI=1S/C24H31NO6S/c1-7-29-21(28)15-18(5)12-10-11-17(4)13-14-20-22(30-8-2)23(25-19(6)27)32(16-26)24(20)31-9-3/h10-15H,7-9H2,1-6H3,(H,25,27). The molecule has 8 heteroatoms. The second-order valence-electron chi connectivity index (χ2n) is 6.54. The Bertz CT molecular complexity index is 959. The Hall–Kier alpha value is -3.09. The average molecular weight is 462 g/mol. The first-order valence-corrected chi connectivity index (χ1v) is 11.5. The van der Waals surface area contributed by atoms with Crippen molar-refractivity contribution in [3.05, 3.63) is 69.1 Å². The van der Waals surface area contributed by atoms with Crippen molar-refractivity contribution in [3.8, 4) is 0 Å². The van der Waals surface area contributed by atoms with E-state index in [1.807, 2.05) is 51.2 Å². The van der Waals surface area contributed by atoms with Crippen LogP contribution in [-0.2, 0) is 28.6 Å². The Balaban J connectivity index is 3.23. The SMILES string of the molecule is CCOC(=O)C=C(C)C=CC=C(C)C=CC1=C(OCC)S(=C=O)C(NC(C)=O)=C1OCC. The minimum atomic E-state index is -1.19. The van der Waals surface area contributed by atoms with Crippen LogP contribution in [0.2, 0.25) is 0 Å². The molecule has 7 nitrogen and oxygen atoms in total. The summed E-state index contributed by atoms with van der Waals surface area (Å²) in [6, 6.07) is 0. The average Bonchev–Trinajstić information content (AvgIpc) is 2.98. The van der Waals surface area contributed by atoms with E-state index in [0.29, 0.717) is 41.3 Å². The summed E-state index contributed by atoms with van der Waals surface area (Å²) in [6.07, 6.45) is 10.6. The second-order valence-corrected chi connectivity index (χ2v) is 8.10. The molecule has 174 valence electrons. The highest BCUT2D eigenvalue weighted by molar-refractivity contribution is 8.21. The zero-order chi connectivity index (χ0) is 24.1. The van der Waals surface area contributed by atoms with Gasteiger partial charge in [-0.05, 0) is 46.3 Å². The fourth-order valence-corrected chi connectivity index (χ4v) is 4.16. The first-order valence-electron chi connectivity index (χ1n) is 10.3. The number of rotatable bonds is 11. The zero-order valence-corrected chi connectivity index (χ0v) is 20.3. The molecule has 0 aromatic rings. The predicted molar refractivity (Wildman–Crippen MR) is 127 cm³/mol. The number of nitrogens with one attached hydrogen (secondary N) is 1. The van der Waals surface area contributed by atoms with Crippen LogP contribution in [0.15, 0.2) is 69.1 Å². The number of hydrogen-bond acceptors (Lipinski definition) is 6. The number of allylic oxidation sites excluding steroid dienone is 7. The van der Waals surface area contributed by atoms with Crippen molar-refractivity contribution in [2.45, 2.75) is 41.5 Å². The Morgan fingerprint density at radius 2 is 1.69 bits per heavy atom. The maximum Gasteiger partial charge on any atom is 0.330 e. The smallest absolute Gasteiger partial charge is 0.330 e. The second kappa shape index (κ2) is 14.1. The predicted octanol–water partition coefficient (Wildman–Crippen LogP) is 4.49. The van der Waals surface area contributed by atoms with Gasteiger partial charge in [0.25, 0.3) is 0 Å². The summed E-state index contributed by atoms with van der Waals surface area (Å²) in [5.74, 6) is -0.274. The number of amides is 1. The summed E-state index contributed by atoms with van der Waals surface area (Å²) >= 11 is 0. The molecular formula is C24H31NO6S. The van der Waals surface area contributed by atoms with Crippen LogP contribution in [0.5, 0.6) is 0 Å². The fraction of sp³-hybridized carbons (Fsp3) is 0.375. The summed E-state index contributed by atoms with van der Waals surface area (Å²) < 4.78 is 16.4. The van der Waals surface area contributed by atoms with Crippen molar-refractivity contribution in [3.63, 3.8) is 0 Å². The maximum absolute atomic E-state index is 11.7. The van der Waals surface area contributed by atoms with Crippen LogP contribution in [0.1, 0.15) is 41.5 Å². The van der Waals surface area contributed by atoms with Gasteiger partial charge in [0.05, 0.1) is 25.4 Å². The highest BCUT2D eigenvalue weighted by atomic mass is 32.2. The van der Waals surface area contributed by atoms with Crippen LogP contribution in [-0.4, -0.2) is 36.9 Å². The molecule has 0 spiro atoms. The van der Waals surface area contributed by atoms with E-state index in [0.717, 1.165) is 11.1 Å². The first kappa shape index (κ1) is 26.9. The van der Waals surface area contributed by atoms with E-state index in [2.05, 4.69) is 5.32 Å². The quantitative estimate of drug-likeness (QED) is 0.211. The van der Waals surface area contributed by atoms with Crippen LogP contribution in [0.4, 0.5) is 0 Å². The van der Waals surface area contributed by atoms with E-state index in [-0.39, 0.29) is 11.9 Å². The number of esters is 1. The van der Waals surface area contributed by atoms with Gasteiger partial charge in [0, 0.05) is 23.5 Å². The third-order valence-electron chi connectivity index (χ3n) is 3.86. The highest BCUT2D eigenvalue weighted by Crippen LogP contribution is 2.46. The van der Waals surface area contributed by atoms with Gasteiger partial charge in [-0.25, -0.2) is 9.59 Å². The van der Waals surface area contributed by atoms with Crippen molar-refractivity contribution in [2.75, 3.05) is 19.8 Å². The molecule has 1 atom stereocenters.